The molecule has 0 heterocycles. The van der Waals surface area contributed by atoms with Gasteiger partial charge in [-0.3, -0.25) is 0 Å². The monoisotopic (exact) mass is 169 g/mol. The minimum absolute atomic E-state index is 0. The summed E-state index contributed by atoms with van der Waals surface area (Å²) in [5.41, 5.74) is 1.14. The summed E-state index contributed by atoms with van der Waals surface area (Å²) < 4.78 is 0. The fourth-order valence-corrected chi connectivity index (χ4v) is 1.09. The average Bonchev–Trinajstić information content (AvgIpc) is 2.57. The molecule has 1 aliphatic rings. The van der Waals surface area contributed by atoms with Gasteiger partial charge in [0.05, 0.1) is 0 Å². The standard InChI is InChI=1S/C11H16N.Li/c1-2-3-6-9-12-10-11-7-4-5-8-11;/h4-5,7,10,12H,2-3,6,9H2,1H3;/q-1;+1. The van der Waals surface area contributed by atoms with Crippen LogP contribution in [0, 0.1) is 6.08 Å². The zero-order valence-corrected chi connectivity index (χ0v) is 8.64. The first-order valence-corrected chi connectivity index (χ1v) is 4.63. The van der Waals surface area contributed by atoms with Crippen molar-refractivity contribution in [2.45, 2.75) is 26.2 Å². The third-order valence-corrected chi connectivity index (χ3v) is 1.80. The van der Waals surface area contributed by atoms with Crippen LogP contribution in [0.5, 0.6) is 0 Å². The normalized spacial score (nSPS) is 16.2. The van der Waals surface area contributed by atoms with Crippen LogP contribution in [0.3, 0.4) is 0 Å². The van der Waals surface area contributed by atoms with Crippen molar-refractivity contribution in [3.63, 3.8) is 0 Å². The Labute approximate surface area is 93.2 Å². The van der Waals surface area contributed by atoms with Crippen LogP contribution in [-0.2, 0) is 0 Å². The summed E-state index contributed by atoms with van der Waals surface area (Å²) in [6.45, 7) is 3.29. The van der Waals surface area contributed by atoms with Crippen molar-refractivity contribution >= 4 is 0 Å². The first-order valence-electron chi connectivity index (χ1n) is 4.63. The Morgan fingerprint density at radius 3 is 2.92 bits per heavy atom. The molecule has 0 saturated heterocycles. The van der Waals surface area contributed by atoms with Gasteiger partial charge >= 0.3 is 18.9 Å². The van der Waals surface area contributed by atoms with E-state index in [9.17, 15) is 0 Å². The Balaban J connectivity index is 0.00000144. The van der Waals surface area contributed by atoms with Gasteiger partial charge in [-0.15, -0.1) is 11.6 Å². The minimum atomic E-state index is 0. The molecule has 0 radical (unpaired) electrons. The molecule has 0 aliphatic heterocycles. The van der Waals surface area contributed by atoms with Crippen molar-refractivity contribution in [2.24, 2.45) is 0 Å². The summed E-state index contributed by atoms with van der Waals surface area (Å²) in [7, 11) is 0. The fraction of sp³-hybridized carbons (Fsp3) is 0.455. The number of hydrogen-bond donors (Lipinski definition) is 1. The van der Waals surface area contributed by atoms with E-state index in [0.29, 0.717) is 0 Å². The van der Waals surface area contributed by atoms with Gasteiger partial charge in [0.25, 0.3) is 0 Å². The first-order chi connectivity index (χ1) is 5.93. The third-order valence-electron chi connectivity index (χ3n) is 1.80. The van der Waals surface area contributed by atoms with Gasteiger partial charge < -0.3 is 5.32 Å². The number of nitrogens with one attached hydrogen (secondary N) is 1. The SMILES string of the molecule is CCCCCNC=C1[C-]=CC=C1.[Li+]. The van der Waals surface area contributed by atoms with E-state index in [1.54, 1.807) is 0 Å². The molecule has 0 aromatic heterocycles. The third kappa shape index (κ3) is 5.79. The molecule has 0 saturated carbocycles. The molecule has 13 heavy (non-hydrogen) atoms. The molecule has 0 amide bonds. The zero-order valence-electron chi connectivity index (χ0n) is 8.64. The molecule has 2 heteroatoms. The maximum Gasteiger partial charge on any atom is 1.00 e. The maximum absolute atomic E-state index is 3.27. The van der Waals surface area contributed by atoms with Crippen LogP contribution < -0.4 is 24.2 Å². The topological polar surface area (TPSA) is 12.0 Å². The van der Waals surface area contributed by atoms with Gasteiger partial charge in [0.15, 0.2) is 0 Å². The molecule has 0 fully saturated rings. The van der Waals surface area contributed by atoms with Crippen LogP contribution in [-0.4, -0.2) is 6.54 Å². The predicted octanol–water partition coefficient (Wildman–Crippen LogP) is -0.417. The van der Waals surface area contributed by atoms with Crippen molar-refractivity contribution in [1.82, 2.24) is 5.32 Å². The second kappa shape index (κ2) is 8.23. The number of allylic oxidation sites excluding steroid dienone is 5. The molecule has 1 rings (SSSR count). The largest absolute Gasteiger partial charge is 1.00 e. The van der Waals surface area contributed by atoms with E-state index in [1.807, 2.05) is 24.4 Å². The van der Waals surface area contributed by atoms with E-state index in [2.05, 4.69) is 18.3 Å². The fourth-order valence-electron chi connectivity index (χ4n) is 1.09. The van der Waals surface area contributed by atoms with Crippen LogP contribution in [0.2, 0.25) is 0 Å². The molecule has 0 spiro atoms. The van der Waals surface area contributed by atoms with Gasteiger partial charge in [0, 0.05) is 6.54 Å². The zero-order chi connectivity index (χ0) is 8.65. The second-order valence-electron chi connectivity index (χ2n) is 2.93. The van der Waals surface area contributed by atoms with E-state index in [4.69, 9.17) is 0 Å². The summed E-state index contributed by atoms with van der Waals surface area (Å²) in [4.78, 5) is 0. The van der Waals surface area contributed by atoms with E-state index in [0.717, 1.165) is 12.1 Å². The Hall–Kier alpha value is -0.383. The van der Waals surface area contributed by atoms with E-state index < -0.39 is 0 Å². The van der Waals surface area contributed by atoms with Gasteiger partial charge in [-0.2, -0.15) is 18.2 Å². The van der Waals surface area contributed by atoms with Gasteiger partial charge in [0.1, 0.15) is 0 Å². The number of rotatable bonds is 5. The summed E-state index contributed by atoms with van der Waals surface area (Å²) in [6.07, 6.45) is 15.0. The molecule has 0 aromatic carbocycles. The molecular weight excluding hydrogens is 153 g/mol. The summed E-state index contributed by atoms with van der Waals surface area (Å²) in [5.74, 6) is 0. The van der Waals surface area contributed by atoms with Crippen LogP contribution in [0.1, 0.15) is 26.2 Å². The quantitative estimate of drug-likeness (QED) is 0.335. The average molecular weight is 169 g/mol. The second-order valence-corrected chi connectivity index (χ2v) is 2.93. The van der Waals surface area contributed by atoms with Crippen molar-refractivity contribution in [3.8, 4) is 0 Å². The molecule has 0 bridgehead atoms. The summed E-state index contributed by atoms with van der Waals surface area (Å²) in [6, 6.07) is 0. The van der Waals surface area contributed by atoms with Crippen LogP contribution in [0.4, 0.5) is 0 Å². The number of hydrogen-bond acceptors (Lipinski definition) is 1. The van der Waals surface area contributed by atoms with E-state index >= 15 is 0 Å². The maximum atomic E-state index is 3.27. The molecule has 66 valence electrons. The molecular formula is C11H16LiN. The van der Waals surface area contributed by atoms with Gasteiger partial charge in [-0.25, -0.2) is 0 Å². The molecule has 0 aromatic rings. The molecule has 1 N–H and O–H groups in total. The predicted molar refractivity (Wildman–Crippen MR) is 52.6 cm³/mol. The van der Waals surface area contributed by atoms with Crippen molar-refractivity contribution in [1.29, 1.82) is 0 Å². The van der Waals surface area contributed by atoms with Gasteiger partial charge in [-0.1, -0.05) is 26.0 Å². The van der Waals surface area contributed by atoms with Crippen molar-refractivity contribution in [2.75, 3.05) is 6.54 Å². The summed E-state index contributed by atoms with van der Waals surface area (Å²) >= 11 is 0. The Kier molecular flexibility index (Phi) is 7.98. The number of unbranched alkanes of at least 4 members (excludes halogenated alkanes) is 2. The van der Waals surface area contributed by atoms with Crippen LogP contribution >= 0.6 is 0 Å². The molecule has 0 atom stereocenters. The minimum Gasteiger partial charge on any atom is -0.429 e. The first kappa shape index (κ1) is 12.6. The molecule has 0 unspecified atom stereocenters. The molecule has 1 aliphatic carbocycles. The van der Waals surface area contributed by atoms with Crippen molar-refractivity contribution in [3.05, 3.63) is 36.1 Å². The molecule has 1 nitrogen and oxygen atoms in total. The van der Waals surface area contributed by atoms with Crippen molar-refractivity contribution < 1.29 is 18.9 Å². The van der Waals surface area contributed by atoms with E-state index in [-0.39, 0.29) is 18.9 Å². The van der Waals surface area contributed by atoms with Gasteiger partial charge in [-0.05, 0) is 6.42 Å². The Morgan fingerprint density at radius 2 is 2.31 bits per heavy atom. The Morgan fingerprint density at radius 1 is 1.46 bits per heavy atom. The Bertz CT molecular complexity index is 190. The smallest absolute Gasteiger partial charge is 0.429 e. The van der Waals surface area contributed by atoms with Crippen LogP contribution in [0.25, 0.3) is 0 Å². The van der Waals surface area contributed by atoms with Crippen LogP contribution in [0.15, 0.2) is 30.0 Å². The van der Waals surface area contributed by atoms with E-state index in [1.165, 1.54) is 19.3 Å². The summed E-state index contributed by atoms with van der Waals surface area (Å²) in [5, 5.41) is 3.27. The van der Waals surface area contributed by atoms with Gasteiger partial charge in [0.2, 0.25) is 0 Å².